The molecule has 8 nitrogen and oxygen atoms in total. The Balaban J connectivity index is 1.57. The Morgan fingerprint density at radius 2 is 1.73 bits per heavy atom. The molecule has 1 heterocycles. The van der Waals surface area contributed by atoms with E-state index in [1.165, 1.54) is 24.3 Å². The molecule has 0 unspecified atom stereocenters. The molecule has 1 fully saturated rings. The van der Waals surface area contributed by atoms with Gasteiger partial charge in [-0.25, -0.2) is 0 Å². The highest BCUT2D eigenvalue weighted by atomic mass is 16.6. The van der Waals surface area contributed by atoms with Crippen LogP contribution >= 0.6 is 0 Å². The number of nitrogens with one attached hydrogen (secondary N) is 1. The van der Waals surface area contributed by atoms with Crippen molar-refractivity contribution in [1.82, 2.24) is 4.90 Å². The topological polar surface area (TPSA) is 95.8 Å². The smallest absolute Gasteiger partial charge is 0.270 e. The number of nitro groups is 1. The molecule has 0 radical (unpaired) electrons. The highest BCUT2D eigenvalue weighted by Gasteiger charge is 2.21. The van der Waals surface area contributed by atoms with Crippen LogP contribution in [-0.2, 0) is 4.79 Å². The van der Waals surface area contributed by atoms with Crippen LogP contribution in [0.5, 0.6) is 0 Å². The Bertz CT molecular complexity index is 919. The maximum absolute atomic E-state index is 12.4. The van der Waals surface area contributed by atoms with Gasteiger partial charge < -0.3 is 15.1 Å². The lowest BCUT2D eigenvalue weighted by Gasteiger charge is -2.36. The average Bonchev–Trinajstić information content (AvgIpc) is 2.74. The van der Waals surface area contributed by atoms with E-state index in [4.69, 9.17) is 0 Å². The van der Waals surface area contributed by atoms with Gasteiger partial charge in [0.15, 0.2) is 0 Å². The van der Waals surface area contributed by atoms with E-state index in [2.05, 4.69) is 10.2 Å². The molecule has 2 aromatic carbocycles. The SMILES string of the molecule is CC(C)CC(=O)N1CCN(c2ccc(NC(=O)c3cccc([N+](=O)[O-])c3)cc2)CC1. The number of carbonyl (C=O) groups is 2. The molecule has 3 rings (SSSR count). The van der Waals surface area contributed by atoms with Crippen LogP contribution in [0, 0.1) is 16.0 Å². The third kappa shape index (κ3) is 5.34. The van der Waals surface area contributed by atoms with Crippen LogP contribution in [-0.4, -0.2) is 47.8 Å². The van der Waals surface area contributed by atoms with Crippen molar-refractivity contribution in [2.75, 3.05) is 36.4 Å². The molecule has 1 aliphatic rings. The van der Waals surface area contributed by atoms with E-state index in [9.17, 15) is 19.7 Å². The summed E-state index contributed by atoms with van der Waals surface area (Å²) in [6.45, 7) is 7.04. The molecule has 0 atom stereocenters. The third-order valence-corrected chi connectivity index (χ3v) is 5.02. The van der Waals surface area contributed by atoms with Gasteiger partial charge in [0, 0.05) is 61.7 Å². The van der Waals surface area contributed by atoms with Gasteiger partial charge in [-0.15, -0.1) is 0 Å². The number of hydrogen-bond donors (Lipinski definition) is 1. The lowest BCUT2D eigenvalue weighted by Crippen LogP contribution is -2.49. The van der Waals surface area contributed by atoms with E-state index < -0.39 is 10.8 Å². The predicted molar refractivity (Wildman–Crippen MR) is 116 cm³/mol. The van der Waals surface area contributed by atoms with Crippen molar-refractivity contribution in [2.45, 2.75) is 20.3 Å². The number of benzene rings is 2. The van der Waals surface area contributed by atoms with Crippen molar-refractivity contribution >= 4 is 28.9 Å². The van der Waals surface area contributed by atoms with E-state index in [0.717, 1.165) is 18.8 Å². The highest BCUT2D eigenvalue weighted by molar-refractivity contribution is 6.04. The second-order valence-electron chi connectivity index (χ2n) is 7.77. The van der Waals surface area contributed by atoms with E-state index in [0.29, 0.717) is 31.1 Å². The monoisotopic (exact) mass is 410 g/mol. The minimum absolute atomic E-state index is 0.121. The Labute approximate surface area is 175 Å². The molecule has 30 heavy (non-hydrogen) atoms. The molecule has 2 amide bonds. The summed E-state index contributed by atoms with van der Waals surface area (Å²) in [6.07, 6.45) is 0.582. The van der Waals surface area contributed by atoms with Crippen LogP contribution < -0.4 is 10.2 Å². The molecule has 0 aromatic heterocycles. The standard InChI is InChI=1S/C22H26N4O4/c1-16(2)14-21(27)25-12-10-24(11-13-25)19-8-6-18(7-9-19)23-22(28)17-4-3-5-20(15-17)26(29)30/h3-9,15-16H,10-14H2,1-2H3,(H,23,28). The fourth-order valence-electron chi connectivity index (χ4n) is 3.41. The fraction of sp³-hybridized carbons (Fsp3) is 0.364. The third-order valence-electron chi connectivity index (χ3n) is 5.02. The molecule has 158 valence electrons. The van der Waals surface area contributed by atoms with Gasteiger partial charge in [-0.1, -0.05) is 19.9 Å². The van der Waals surface area contributed by atoms with Gasteiger partial charge in [-0.2, -0.15) is 0 Å². The van der Waals surface area contributed by atoms with Crippen LogP contribution in [0.25, 0.3) is 0 Å². The molecular weight excluding hydrogens is 384 g/mol. The zero-order valence-electron chi connectivity index (χ0n) is 17.2. The summed E-state index contributed by atoms with van der Waals surface area (Å²) in [5, 5.41) is 13.6. The van der Waals surface area contributed by atoms with Crippen LogP contribution in [0.3, 0.4) is 0 Å². The van der Waals surface area contributed by atoms with Crippen LogP contribution in [0.15, 0.2) is 48.5 Å². The van der Waals surface area contributed by atoms with Crippen LogP contribution in [0.4, 0.5) is 17.1 Å². The predicted octanol–water partition coefficient (Wildman–Crippen LogP) is 3.54. The summed E-state index contributed by atoms with van der Waals surface area (Å²) in [5.41, 5.74) is 1.75. The van der Waals surface area contributed by atoms with Gasteiger partial charge in [-0.3, -0.25) is 19.7 Å². The summed E-state index contributed by atoms with van der Waals surface area (Å²) in [7, 11) is 0. The van der Waals surface area contributed by atoms with Crippen molar-refractivity contribution in [2.24, 2.45) is 5.92 Å². The van der Waals surface area contributed by atoms with Gasteiger partial charge >= 0.3 is 0 Å². The largest absolute Gasteiger partial charge is 0.368 e. The first-order valence-corrected chi connectivity index (χ1v) is 10.0. The van der Waals surface area contributed by atoms with Gasteiger partial charge in [0.25, 0.3) is 11.6 Å². The molecule has 2 aromatic rings. The minimum atomic E-state index is -0.526. The highest BCUT2D eigenvalue weighted by Crippen LogP contribution is 2.21. The normalized spacial score (nSPS) is 14.0. The molecule has 0 bridgehead atoms. The number of non-ortho nitro benzene ring substituents is 1. The Hall–Kier alpha value is -3.42. The number of piperazine rings is 1. The number of rotatable bonds is 6. The van der Waals surface area contributed by atoms with E-state index in [-0.39, 0.29) is 17.2 Å². The molecule has 8 heteroatoms. The van der Waals surface area contributed by atoms with Crippen molar-refractivity contribution in [1.29, 1.82) is 0 Å². The number of hydrogen-bond acceptors (Lipinski definition) is 5. The van der Waals surface area contributed by atoms with Gasteiger partial charge in [-0.05, 0) is 36.2 Å². The maximum atomic E-state index is 12.4. The first kappa shape index (κ1) is 21.3. The molecular formula is C22H26N4O4. The summed E-state index contributed by atoms with van der Waals surface area (Å²) in [4.78, 5) is 39.1. The molecule has 0 saturated carbocycles. The number of anilines is 2. The minimum Gasteiger partial charge on any atom is -0.368 e. The number of amides is 2. The number of carbonyl (C=O) groups excluding carboxylic acids is 2. The summed E-state index contributed by atoms with van der Waals surface area (Å²) < 4.78 is 0. The lowest BCUT2D eigenvalue weighted by atomic mass is 10.1. The molecule has 1 saturated heterocycles. The Kier molecular flexibility index (Phi) is 6.66. The van der Waals surface area contributed by atoms with Gasteiger partial charge in [0.05, 0.1) is 4.92 Å². The van der Waals surface area contributed by atoms with Crippen LogP contribution in [0.2, 0.25) is 0 Å². The van der Waals surface area contributed by atoms with Crippen molar-refractivity contribution in [3.8, 4) is 0 Å². The van der Waals surface area contributed by atoms with Crippen LogP contribution in [0.1, 0.15) is 30.6 Å². The van der Waals surface area contributed by atoms with E-state index >= 15 is 0 Å². The maximum Gasteiger partial charge on any atom is 0.270 e. The second kappa shape index (κ2) is 9.39. The zero-order valence-corrected chi connectivity index (χ0v) is 17.2. The second-order valence-corrected chi connectivity index (χ2v) is 7.77. The summed E-state index contributed by atoms with van der Waals surface area (Å²) in [5.74, 6) is 0.174. The van der Waals surface area contributed by atoms with Gasteiger partial charge in [0.1, 0.15) is 0 Å². The Morgan fingerprint density at radius 1 is 1.07 bits per heavy atom. The molecule has 1 N–H and O–H groups in total. The number of nitro benzene ring substituents is 1. The first-order valence-electron chi connectivity index (χ1n) is 10.0. The Morgan fingerprint density at radius 3 is 2.33 bits per heavy atom. The molecule has 1 aliphatic heterocycles. The quantitative estimate of drug-likeness (QED) is 0.580. The molecule has 0 aliphatic carbocycles. The van der Waals surface area contributed by atoms with Gasteiger partial charge in [0.2, 0.25) is 5.91 Å². The van der Waals surface area contributed by atoms with Crippen molar-refractivity contribution in [3.63, 3.8) is 0 Å². The summed E-state index contributed by atoms with van der Waals surface area (Å²) >= 11 is 0. The lowest BCUT2D eigenvalue weighted by molar-refractivity contribution is -0.384. The van der Waals surface area contributed by atoms with Crippen molar-refractivity contribution in [3.05, 3.63) is 64.2 Å². The molecule has 0 spiro atoms. The van der Waals surface area contributed by atoms with E-state index in [1.54, 1.807) is 12.1 Å². The fourth-order valence-corrected chi connectivity index (χ4v) is 3.41. The van der Waals surface area contributed by atoms with E-state index in [1.807, 2.05) is 30.9 Å². The number of nitrogens with zero attached hydrogens (tertiary/aromatic N) is 3. The zero-order chi connectivity index (χ0) is 21.7. The first-order chi connectivity index (χ1) is 14.3. The summed E-state index contributed by atoms with van der Waals surface area (Å²) in [6, 6.07) is 13.1. The van der Waals surface area contributed by atoms with Crippen molar-refractivity contribution < 1.29 is 14.5 Å². The average molecular weight is 410 g/mol.